The minimum atomic E-state index is -2.59. The minimum absolute atomic E-state index is 0.0216. The molecule has 30 aliphatic heterocycles. The summed E-state index contributed by atoms with van der Waals surface area (Å²) in [5, 5.41) is -0.251. The smallest absolute Gasteiger partial charge is 0.192 e. The summed E-state index contributed by atoms with van der Waals surface area (Å²) in [6.45, 7) is 10.2. The molecule has 692 valence electrons. The predicted molar refractivity (Wildman–Crippen MR) is 407 cm³/mol. The molecule has 118 heavy (non-hydrogen) atoms. The van der Waals surface area contributed by atoms with Crippen molar-refractivity contribution in [2.24, 2.45) is 0 Å². The van der Waals surface area contributed by atoms with E-state index in [9.17, 15) is 0 Å². The van der Waals surface area contributed by atoms with Gasteiger partial charge in [-0.3, -0.25) is 0 Å². The van der Waals surface area contributed by atoms with Gasteiger partial charge < -0.3 is 189 Å². The van der Waals surface area contributed by atoms with Gasteiger partial charge in [-0.05, 0) is 18.1 Å². The van der Waals surface area contributed by atoms with Crippen molar-refractivity contribution < 1.29 is 189 Å². The summed E-state index contributed by atoms with van der Waals surface area (Å²) in [6, 6.07) is 0. The molecule has 16 bridgehead atoms. The SMILES string of the molecule is COC[C@H]1O[C@@H]2O[C@H]3[C@H](OC)[C@@H](OC)[C@@H](O[C@H]4[C@H](OC)[C@@H](OC)[C@@H](O[C@H]5[C@H](OC)[C@@H](OC)[C@@H](O[C@H]6[C@H](OC)[C@@H](OC)[C@@H](O[C@H]7[C@H](OC)[C@@H](OC)[C@@H](O[C@H]8[C@H](OC)[C@@H](OC)[C@@H](O[C@H]9[C@H](OC)[C@@H](OC)[C@@H](O[C@H]1[C@H](OC)[C@H]2OC)O[C@@H]9COC)O[C@@H]8COC)O[C@@H]7COC)O[C@@H]6CO[Si](C)(C)C(C)(C)C)O[C@@H]5COC)O[C@@H]4COC)O[C@@H]3COC. The van der Waals surface area contributed by atoms with Crippen LogP contribution in [0.15, 0.2) is 0 Å². The fourth-order valence-electron chi connectivity index (χ4n) is 17.3. The summed E-state index contributed by atoms with van der Waals surface area (Å²) in [4.78, 5) is 0. The molecule has 30 aliphatic rings. The fraction of sp³-hybridized carbons (Fsp3) is 1.00. The van der Waals surface area contributed by atoms with Gasteiger partial charge in [0.05, 0.1) is 52.9 Å². The highest BCUT2D eigenvalue weighted by molar-refractivity contribution is 6.74. The quantitative estimate of drug-likeness (QED) is 0.0815. The second-order valence-electron chi connectivity index (χ2n) is 31.6. The van der Waals surface area contributed by atoms with Crippen molar-refractivity contribution in [1.82, 2.24) is 0 Å². The Hall–Kier alpha value is -1.38. The molecule has 30 heterocycles. The van der Waals surface area contributed by atoms with Crippen molar-refractivity contribution in [3.05, 3.63) is 0 Å². The Labute approximate surface area is 695 Å². The fourth-order valence-corrected chi connectivity index (χ4v) is 18.3. The molecule has 0 aromatic heterocycles. The molecule has 0 radical (unpaired) electrons. The lowest BCUT2D eigenvalue weighted by Gasteiger charge is -2.53. The van der Waals surface area contributed by atoms with Gasteiger partial charge in [0.15, 0.2) is 58.6 Å². The van der Waals surface area contributed by atoms with E-state index in [-0.39, 0.29) is 57.9 Å². The summed E-state index contributed by atoms with van der Waals surface area (Å²) in [6.07, 6.45) is -42.6. The van der Waals surface area contributed by atoms with Crippen LogP contribution in [0.25, 0.3) is 0 Å². The lowest BCUT2D eigenvalue weighted by atomic mass is 9.94. The van der Waals surface area contributed by atoms with Crippen LogP contribution in [-0.2, 0) is 189 Å². The van der Waals surface area contributed by atoms with E-state index < -0.39 is 254 Å². The minimum Gasteiger partial charge on any atom is -0.414 e. The van der Waals surface area contributed by atoms with Crippen LogP contribution in [-0.4, -0.2) is 470 Å². The Morgan fingerprint density at radius 3 is 0.398 bits per heavy atom. The largest absolute Gasteiger partial charge is 0.414 e. The molecule has 0 aromatic rings. The number of ether oxygens (including phenoxy) is 39. The van der Waals surface area contributed by atoms with Gasteiger partial charge in [-0.2, -0.15) is 0 Å². The van der Waals surface area contributed by atoms with Crippen LogP contribution >= 0.6 is 0 Å². The Balaban J connectivity index is 1.15. The van der Waals surface area contributed by atoms with E-state index in [4.69, 9.17) is 189 Å². The number of hydrogen-bond acceptors (Lipinski definition) is 40. The Kier molecular flexibility index (Phi) is 40.5. The lowest BCUT2D eigenvalue weighted by molar-refractivity contribution is -0.409. The van der Waals surface area contributed by atoms with Crippen molar-refractivity contribution in [3.8, 4) is 0 Å². The Bertz CT molecular complexity index is 2740. The van der Waals surface area contributed by atoms with Gasteiger partial charge in [0.2, 0.25) is 0 Å². The highest BCUT2D eigenvalue weighted by Gasteiger charge is 2.63. The van der Waals surface area contributed by atoms with Gasteiger partial charge in [-0.15, -0.1) is 0 Å². The molecule has 30 fully saturated rings. The second-order valence-corrected chi connectivity index (χ2v) is 36.4. The van der Waals surface area contributed by atoms with Crippen LogP contribution in [0.5, 0.6) is 0 Å². The highest BCUT2D eigenvalue weighted by atomic mass is 28.4. The van der Waals surface area contributed by atoms with Crippen LogP contribution in [0, 0.1) is 0 Å². The monoisotopic (exact) mass is 1730 g/mol. The van der Waals surface area contributed by atoms with Crippen molar-refractivity contribution in [1.29, 1.82) is 0 Å². The van der Waals surface area contributed by atoms with Gasteiger partial charge in [0.25, 0.3) is 0 Å². The third kappa shape index (κ3) is 22.1. The molecule has 30 rings (SSSR count). The maximum atomic E-state index is 7.29. The zero-order chi connectivity index (χ0) is 86.0. The summed E-state index contributed by atoms with van der Waals surface area (Å²) >= 11 is 0. The van der Waals surface area contributed by atoms with E-state index in [1.165, 1.54) is 164 Å². The van der Waals surface area contributed by atoms with Gasteiger partial charge >= 0.3 is 0 Å². The molecule has 40 nitrogen and oxygen atoms in total. The van der Waals surface area contributed by atoms with Crippen molar-refractivity contribution >= 4 is 8.32 Å². The number of methoxy groups -OCH3 is 23. The molecular weight excluding hydrogens is 1590 g/mol. The lowest BCUT2D eigenvalue weighted by Crippen LogP contribution is -2.70. The van der Waals surface area contributed by atoms with Gasteiger partial charge in [0.1, 0.15) is 195 Å². The highest BCUT2D eigenvalue weighted by Crippen LogP contribution is 2.45. The molecule has 0 unspecified atom stereocenters. The Morgan fingerprint density at radius 2 is 0.297 bits per heavy atom. The molecule has 0 aromatic carbocycles. The molecular formula is C77H140O40Si. The zero-order valence-corrected chi connectivity index (χ0v) is 75.1. The molecule has 0 spiro atoms. The average molecular weight is 1730 g/mol. The second kappa shape index (κ2) is 47.6. The first-order chi connectivity index (χ1) is 56.9. The van der Waals surface area contributed by atoms with Crippen molar-refractivity contribution in [2.45, 2.75) is 285 Å². The van der Waals surface area contributed by atoms with Crippen LogP contribution < -0.4 is 0 Å². The van der Waals surface area contributed by atoms with E-state index in [1.54, 1.807) is 0 Å². The topological polar surface area (TPSA) is 369 Å². The van der Waals surface area contributed by atoms with Gasteiger partial charge in [0, 0.05) is 164 Å². The standard InChI is InChI=1S/C77H140O40Si/c1-77(2,3)118(27,28)101-36-44-52-60(92-18)68(100-26)76(109-44)116-51-43(35-84-10)107-74(66(98-24)59(51)91-17)114-49-41(33-82-8)105-72(64(96-22)57(49)89-15)112-47-39(31-80-6)103-70(62(94-20)55(47)87-13)110-45-37(29-78-4)102-69(61(93-19)53(45)85-11)111-46-38(30-79-5)104-71(63(95-21)54(46)86-12)113-48-40(32-81-7)106-73(65(97-23)56(48)88-14)115-50-42(34-83-9)108-75(117-52)67(99-25)58(50)90-16/h37-76H,29-36H2,1-28H3/t37-,38-,39-,40-,41-,42-,43-,44-,45-,46-,47-,48-,49-,50-,51-,52-,53+,54+,55+,56+,57+,58+,59+,60+,61-,62-,63-,64-,65-,66-,67-,68-,69-,70-,71-,72-,73-,74-,75-,76-/m1/s1. The van der Waals surface area contributed by atoms with Crippen molar-refractivity contribution in [3.63, 3.8) is 0 Å². The van der Waals surface area contributed by atoms with Gasteiger partial charge in [-0.25, -0.2) is 0 Å². The molecule has 30 saturated heterocycles. The first-order valence-corrected chi connectivity index (χ1v) is 42.8. The molecule has 0 N–H and O–H groups in total. The molecule has 0 aliphatic carbocycles. The summed E-state index contributed by atoms with van der Waals surface area (Å²) in [5.41, 5.74) is 0. The summed E-state index contributed by atoms with van der Waals surface area (Å²) in [5.74, 6) is 0. The van der Waals surface area contributed by atoms with Crippen LogP contribution in [0.2, 0.25) is 18.1 Å². The van der Waals surface area contributed by atoms with Crippen LogP contribution in [0.1, 0.15) is 20.8 Å². The Morgan fingerprint density at radius 1 is 0.178 bits per heavy atom. The normalized spacial score (nSPS) is 44.6. The maximum absolute atomic E-state index is 7.29. The third-order valence-electron chi connectivity index (χ3n) is 24.1. The predicted octanol–water partition coefficient (Wildman–Crippen LogP) is 0.667. The van der Waals surface area contributed by atoms with Gasteiger partial charge in [-0.1, -0.05) is 20.8 Å². The van der Waals surface area contributed by atoms with E-state index >= 15 is 0 Å². The zero-order valence-electron chi connectivity index (χ0n) is 74.1. The first-order valence-electron chi connectivity index (χ1n) is 39.9. The molecule has 41 heteroatoms. The van der Waals surface area contributed by atoms with Crippen molar-refractivity contribution in [2.75, 3.05) is 216 Å². The van der Waals surface area contributed by atoms with E-state index in [2.05, 4.69) is 33.9 Å². The van der Waals surface area contributed by atoms with Crippen LogP contribution in [0.4, 0.5) is 0 Å². The average Bonchev–Trinajstić information content (AvgIpc) is 0.759. The van der Waals surface area contributed by atoms with Crippen LogP contribution in [0.3, 0.4) is 0 Å². The first kappa shape index (κ1) is 100. The maximum Gasteiger partial charge on any atom is 0.192 e. The molecule has 40 atom stereocenters. The van der Waals surface area contributed by atoms with E-state index in [0.29, 0.717) is 0 Å². The molecule has 0 saturated carbocycles. The molecule has 0 amide bonds. The summed E-state index contributed by atoms with van der Waals surface area (Å²) < 4.78 is 264. The number of hydrogen-bond donors (Lipinski definition) is 0. The van der Waals surface area contributed by atoms with E-state index in [1.807, 2.05) is 0 Å². The number of rotatable bonds is 33. The third-order valence-corrected chi connectivity index (χ3v) is 28.6. The van der Waals surface area contributed by atoms with E-state index in [0.717, 1.165) is 0 Å². The summed E-state index contributed by atoms with van der Waals surface area (Å²) in [7, 11) is 32.2.